The zero-order chi connectivity index (χ0) is 17.5. The molecule has 2 aromatic rings. The fourth-order valence-corrected chi connectivity index (χ4v) is 2.91. The summed E-state index contributed by atoms with van der Waals surface area (Å²) < 4.78 is 5.54. The topological polar surface area (TPSA) is 54.5 Å². The maximum Gasteiger partial charge on any atom is 0.260 e. The number of piperidine rings is 1. The van der Waals surface area contributed by atoms with Crippen molar-refractivity contribution >= 4 is 17.4 Å². The zero-order valence-corrected chi connectivity index (χ0v) is 14.3. The molecule has 0 aliphatic carbocycles. The highest BCUT2D eigenvalue weighted by atomic mass is 16.5. The highest BCUT2D eigenvalue weighted by molar-refractivity contribution is 6.05. The molecule has 0 radical (unpaired) electrons. The number of ether oxygens (including phenoxy) is 1. The van der Waals surface area contributed by atoms with Crippen molar-refractivity contribution in [1.82, 2.24) is 4.98 Å². The molecule has 0 spiro atoms. The first-order chi connectivity index (χ1) is 12.3. The van der Waals surface area contributed by atoms with Gasteiger partial charge in [-0.2, -0.15) is 0 Å². The Balaban J connectivity index is 1.67. The molecule has 3 rings (SSSR count). The number of amides is 1. The number of benzene rings is 1. The summed E-state index contributed by atoms with van der Waals surface area (Å²) in [5.74, 6) is 0.826. The second-order valence-corrected chi connectivity index (χ2v) is 6.00. The monoisotopic (exact) mass is 337 g/mol. The van der Waals surface area contributed by atoms with Crippen LogP contribution in [0.1, 0.15) is 29.6 Å². The summed E-state index contributed by atoms with van der Waals surface area (Å²) in [4.78, 5) is 19.2. The number of nitrogens with zero attached hydrogens (tertiary/aromatic N) is 2. The molecule has 1 N–H and O–H groups in total. The molecule has 1 saturated heterocycles. The van der Waals surface area contributed by atoms with Gasteiger partial charge in [0.2, 0.25) is 0 Å². The number of hydrogen-bond acceptors (Lipinski definition) is 4. The van der Waals surface area contributed by atoms with Gasteiger partial charge < -0.3 is 15.0 Å². The summed E-state index contributed by atoms with van der Waals surface area (Å²) in [6.45, 7) is 6.12. The minimum Gasteiger partial charge on any atom is -0.489 e. The zero-order valence-electron chi connectivity index (χ0n) is 14.3. The normalized spacial score (nSPS) is 14.0. The average molecular weight is 337 g/mol. The first kappa shape index (κ1) is 17.0. The van der Waals surface area contributed by atoms with Crippen molar-refractivity contribution in [1.29, 1.82) is 0 Å². The number of aromatic nitrogens is 1. The van der Waals surface area contributed by atoms with Gasteiger partial charge in [0, 0.05) is 13.1 Å². The Morgan fingerprint density at radius 2 is 2.00 bits per heavy atom. The summed E-state index contributed by atoms with van der Waals surface area (Å²) in [7, 11) is 0. The van der Waals surface area contributed by atoms with E-state index in [4.69, 9.17) is 4.74 Å². The van der Waals surface area contributed by atoms with E-state index in [2.05, 4.69) is 21.8 Å². The Hall–Kier alpha value is -2.82. The van der Waals surface area contributed by atoms with Gasteiger partial charge >= 0.3 is 0 Å². The molecule has 0 bridgehead atoms. The van der Waals surface area contributed by atoms with Gasteiger partial charge in [0.15, 0.2) is 0 Å². The molecule has 1 aromatic heterocycles. The highest BCUT2D eigenvalue weighted by Crippen LogP contribution is 2.22. The number of carbonyl (C=O) groups is 1. The van der Waals surface area contributed by atoms with Crippen LogP contribution in [0.3, 0.4) is 0 Å². The van der Waals surface area contributed by atoms with Crippen LogP contribution in [-0.2, 0) is 0 Å². The Morgan fingerprint density at radius 1 is 1.20 bits per heavy atom. The third kappa shape index (κ3) is 4.38. The lowest BCUT2D eigenvalue weighted by atomic mass is 10.1. The maximum absolute atomic E-state index is 12.5. The van der Waals surface area contributed by atoms with E-state index in [-0.39, 0.29) is 5.91 Å². The van der Waals surface area contributed by atoms with E-state index in [0.717, 1.165) is 18.8 Å². The van der Waals surface area contributed by atoms with Crippen molar-refractivity contribution in [2.24, 2.45) is 0 Å². The largest absolute Gasteiger partial charge is 0.489 e. The van der Waals surface area contributed by atoms with Crippen molar-refractivity contribution in [3.63, 3.8) is 0 Å². The van der Waals surface area contributed by atoms with E-state index in [1.54, 1.807) is 18.2 Å². The van der Waals surface area contributed by atoms with Crippen LogP contribution < -0.4 is 15.0 Å². The molecule has 2 heterocycles. The van der Waals surface area contributed by atoms with Crippen LogP contribution in [-0.4, -0.2) is 30.6 Å². The summed E-state index contributed by atoms with van der Waals surface area (Å²) in [5, 5.41) is 2.83. The van der Waals surface area contributed by atoms with Crippen molar-refractivity contribution < 1.29 is 9.53 Å². The van der Waals surface area contributed by atoms with E-state index < -0.39 is 0 Å². The molecule has 130 valence electrons. The average Bonchev–Trinajstić information content (AvgIpc) is 2.68. The van der Waals surface area contributed by atoms with Crippen LogP contribution in [0.25, 0.3) is 0 Å². The first-order valence-corrected chi connectivity index (χ1v) is 8.63. The van der Waals surface area contributed by atoms with Gasteiger partial charge in [-0.05, 0) is 43.5 Å². The van der Waals surface area contributed by atoms with E-state index in [1.807, 2.05) is 30.5 Å². The second kappa shape index (κ2) is 8.33. The Labute approximate surface area is 148 Å². The SMILES string of the molecule is C=CCOc1ccccc1C(=O)Nc1ccc(N2CCCCC2)cn1. The third-order valence-corrected chi connectivity index (χ3v) is 4.20. The predicted molar refractivity (Wildman–Crippen MR) is 100 cm³/mol. The van der Waals surface area contributed by atoms with Gasteiger partial charge in [0.1, 0.15) is 18.2 Å². The molecule has 1 amide bonds. The molecule has 5 nitrogen and oxygen atoms in total. The fourth-order valence-electron chi connectivity index (χ4n) is 2.91. The molecule has 0 unspecified atom stereocenters. The van der Waals surface area contributed by atoms with Gasteiger partial charge in [0.25, 0.3) is 5.91 Å². The van der Waals surface area contributed by atoms with Crippen LogP contribution in [0.15, 0.2) is 55.3 Å². The van der Waals surface area contributed by atoms with Crippen LogP contribution in [0, 0.1) is 0 Å². The quantitative estimate of drug-likeness (QED) is 0.813. The molecule has 1 fully saturated rings. The molecule has 0 saturated carbocycles. The number of pyridine rings is 1. The van der Waals surface area contributed by atoms with E-state index in [0.29, 0.717) is 23.7 Å². The summed E-state index contributed by atoms with van der Waals surface area (Å²) in [6.07, 6.45) is 7.21. The van der Waals surface area contributed by atoms with Gasteiger partial charge in [-0.1, -0.05) is 24.8 Å². The number of anilines is 2. The molecule has 25 heavy (non-hydrogen) atoms. The van der Waals surface area contributed by atoms with E-state index >= 15 is 0 Å². The lowest BCUT2D eigenvalue weighted by Crippen LogP contribution is -2.29. The van der Waals surface area contributed by atoms with Gasteiger partial charge in [-0.3, -0.25) is 4.79 Å². The number of carbonyl (C=O) groups excluding carboxylic acids is 1. The fraction of sp³-hybridized carbons (Fsp3) is 0.300. The van der Waals surface area contributed by atoms with Crippen LogP contribution in [0.4, 0.5) is 11.5 Å². The molecule has 5 heteroatoms. The van der Waals surface area contributed by atoms with Gasteiger partial charge in [-0.25, -0.2) is 4.98 Å². The number of hydrogen-bond donors (Lipinski definition) is 1. The molecular formula is C20H23N3O2. The summed E-state index contributed by atoms with van der Waals surface area (Å²) in [6, 6.07) is 11.0. The molecule has 1 aromatic carbocycles. The number of para-hydroxylation sites is 1. The minimum absolute atomic E-state index is 0.238. The van der Waals surface area contributed by atoms with E-state index in [1.165, 1.54) is 19.3 Å². The summed E-state index contributed by atoms with van der Waals surface area (Å²) in [5.41, 5.74) is 1.58. The third-order valence-electron chi connectivity index (χ3n) is 4.20. The second-order valence-electron chi connectivity index (χ2n) is 6.00. The predicted octanol–water partition coefficient (Wildman–Crippen LogP) is 3.89. The number of nitrogens with one attached hydrogen (secondary N) is 1. The smallest absolute Gasteiger partial charge is 0.260 e. The van der Waals surface area contributed by atoms with E-state index in [9.17, 15) is 4.79 Å². The van der Waals surface area contributed by atoms with Crippen molar-refractivity contribution in [3.05, 3.63) is 60.8 Å². The van der Waals surface area contributed by atoms with Crippen LogP contribution in [0.5, 0.6) is 5.75 Å². The molecule has 1 aliphatic heterocycles. The highest BCUT2D eigenvalue weighted by Gasteiger charge is 2.14. The number of rotatable bonds is 6. The molecular weight excluding hydrogens is 314 g/mol. The Kier molecular flexibility index (Phi) is 5.67. The standard InChI is InChI=1S/C20H23N3O2/c1-2-14-25-18-9-5-4-8-17(18)20(24)22-19-11-10-16(15-21-19)23-12-6-3-7-13-23/h2,4-5,8-11,15H,1,3,6-7,12-14H2,(H,21,22,24). The summed E-state index contributed by atoms with van der Waals surface area (Å²) >= 11 is 0. The van der Waals surface area contributed by atoms with Crippen molar-refractivity contribution in [2.45, 2.75) is 19.3 Å². The van der Waals surface area contributed by atoms with Gasteiger partial charge in [-0.15, -0.1) is 0 Å². The van der Waals surface area contributed by atoms with Gasteiger partial charge in [0.05, 0.1) is 17.4 Å². The molecule has 0 atom stereocenters. The van der Waals surface area contributed by atoms with Crippen LogP contribution in [0.2, 0.25) is 0 Å². The lowest BCUT2D eigenvalue weighted by molar-refractivity contribution is 0.102. The Bertz CT molecular complexity index is 722. The maximum atomic E-state index is 12.5. The first-order valence-electron chi connectivity index (χ1n) is 8.63. The van der Waals surface area contributed by atoms with Crippen molar-refractivity contribution in [3.8, 4) is 5.75 Å². The van der Waals surface area contributed by atoms with Crippen LogP contribution >= 0.6 is 0 Å². The van der Waals surface area contributed by atoms with Crippen molar-refractivity contribution in [2.75, 3.05) is 29.9 Å². The lowest BCUT2D eigenvalue weighted by Gasteiger charge is -2.28. The minimum atomic E-state index is -0.238. The molecule has 1 aliphatic rings. The Morgan fingerprint density at radius 3 is 2.72 bits per heavy atom.